The molecular formula is C24H30NO6+. The lowest BCUT2D eigenvalue weighted by molar-refractivity contribution is -0.914. The van der Waals surface area contributed by atoms with Crippen molar-refractivity contribution in [2.24, 2.45) is 0 Å². The number of nitrogens with one attached hydrogen (secondary N) is 1. The second-order valence-corrected chi connectivity index (χ2v) is 7.26. The van der Waals surface area contributed by atoms with Crippen LogP contribution in [-0.4, -0.2) is 58.0 Å². The van der Waals surface area contributed by atoms with Gasteiger partial charge in [-0.2, -0.15) is 0 Å². The summed E-state index contributed by atoms with van der Waals surface area (Å²) in [5, 5.41) is 10.5. The fourth-order valence-corrected chi connectivity index (χ4v) is 3.54. The number of fused-ring (bicyclic) bond motifs is 1. The third-order valence-electron chi connectivity index (χ3n) is 5.17. The zero-order valence-corrected chi connectivity index (χ0v) is 18.3. The number of phenolic OH excluding ortho intramolecular Hbond substituents is 1. The molecule has 0 radical (unpaired) electrons. The van der Waals surface area contributed by atoms with Crippen molar-refractivity contribution in [2.45, 2.75) is 13.5 Å². The van der Waals surface area contributed by atoms with Crippen molar-refractivity contribution in [3.8, 4) is 17.2 Å². The Morgan fingerprint density at radius 1 is 1.06 bits per heavy atom. The lowest BCUT2D eigenvalue weighted by Crippen LogP contribution is -3.11. The van der Waals surface area contributed by atoms with Gasteiger partial charge in [0.15, 0.2) is 11.5 Å². The number of quaternary nitrogens is 1. The molecule has 0 unspecified atom stereocenters. The Hall–Kier alpha value is -2.87. The van der Waals surface area contributed by atoms with E-state index >= 15 is 0 Å². The number of aromatic hydroxyl groups is 1. The van der Waals surface area contributed by atoms with E-state index in [1.54, 1.807) is 32.4 Å². The molecule has 0 aromatic heterocycles. The molecule has 3 rings (SSSR count). The Bertz CT molecular complexity index is 932. The van der Waals surface area contributed by atoms with E-state index in [1.807, 2.05) is 31.2 Å². The molecule has 31 heavy (non-hydrogen) atoms. The van der Waals surface area contributed by atoms with Gasteiger partial charge >= 0.3 is 0 Å². The first kappa shape index (κ1) is 22.8. The summed E-state index contributed by atoms with van der Waals surface area (Å²) in [6, 6.07) is 10.6. The third-order valence-corrected chi connectivity index (χ3v) is 5.17. The molecule has 1 heterocycles. The van der Waals surface area contributed by atoms with Crippen LogP contribution in [0.15, 0.2) is 42.2 Å². The van der Waals surface area contributed by atoms with Gasteiger partial charge in [0.05, 0.1) is 30.9 Å². The molecule has 1 aliphatic rings. The van der Waals surface area contributed by atoms with Crippen molar-refractivity contribution in [1.82, 2.24) is 0 Å². The summed E-state index contributed by atoms with van der Waals surface area (Å²) in [6.45, 7) is 5.55. The molecule has 2 N–H and O–H groups in total. The van der Waals surface area contributed by atoms with Crippen LogP contribution in [0.5, 0.6) is 17.2 Å². The fourth-order valence-electron chi connectivity index (χ4n) is 3.54. The van der Waals surface area contributed by atoms with Gasteiger partial charge in [-0.1, -0.05) is 18.2 Å². The number of Topliss-reactive ketones (excluding diaryl/α,β-unsaturated/α-hetero) is 1. The summed E-state index contributed by atoms with van der Waals surface area (Å²) < 4.78 is 22.1. The summed E-state index contributed by atoms with van der Waals surface area (Å²) in [5.41, 5.74) is 1.82. The van der Waals surface area contributed by atoms with Crippen LogP contribution in [0, 0.1) is 0 Å². The predicted octanol–water partition coefficient (Wildman–Crippen LogP) is 2.08. The van der Waals surface area contributed by atoms with E-state index < -0.39 is 0 Å². The highest BCUT2D eigenvalue weighted by Crippen LogP contribution is 2.39. The fraction of sp³-hybridized carbons (Fsp3) is 0.375. The SMILES string of the molecule is CCOc1ccccc1/C=C1/Oc2c(ccc(O)c2C[NH+](CCOC)CCOC)C1=O. The number of ketones is 1. The van der Waals surface area contributed by atoms with Gasteiger partial charge in [0.2, 0.25) is 5.78 Å². The molecule has 0 aliphatic carbocycles. The van der Waals surface area contributed by atoms with Gasteiger partial charge < -0.3 is 29.0 Å². The van der Waals surface area contributed by atoms with Gasteiger partial charge in [0, 0.05) is 19.8 Å². The van der Waals surface area contributed by atoms with Crippen molar-refractivity contribution >= 4 is 11.9 Å². The van der Waals surface area contributed by atoms with Crippen LogP contribution in [0.2, 0.25) is 0 Å². The van der Waals surface area contributed by atoms with Gasteiger partial charge in [-0.15, -0.1) is 0 Å². The first-order valence-corrected chi connectivity index (χ1v) is 10.4. The lowest BCUT2D eigenvalue weighted by atomic mass is 10.0. The number of methoxy groups -OCH3 is 2. The molecule has 2 aromatic rings. The second kappa shape index (κ2) is 10.9. The average Bonchev–Trinajstić information content (AvgIpc) is 3.08. The summed E-state index contributed by atoms with van der Waals surface area (Å²) in [5.74, 6) is 1.21. The van der Waals surface area contributed by atoms with E-state index in [-0.39, 0.29) is 17.3 Å². The molecule has 2 aromatic carbocycles. The lowest BCUT2D eigenvalue weighted by Gasteiger charge is -2.20. The molecule has 1 aliphatic heterocycles. The van der Waals surface area contributed by atoms with E-state index in [0.29, 0.717) is 49.0 Å². The molecule has 0 saturated heterocycles. The second-order valence-electron chi connectivity index (χ2n) is 7.26. The van der Waals surface area contributed by atoms with Gasteiger partial charge in [0.25, 0.3) is 0 Å². The van der Waals surface area contributed by atoms with Crippen molar-refractivity contribution in [3.63, 3.8) is 0 Å². The number of rotatable bonds is 11. The minimum atomic E-state index is -0.210. The highest BCUT2D eigenvalue weighted by Gasteiger charge is 2.32. The van der Waals surface area contributed by atoms with Crippen molar-refractivity contribution < 1.29 is 33.7 Å². The summed E-state index contributed by atoms with van der Waals surface area (Å²) >= 11 is 0. The monoisotopic (exact) mass is 428 g/mol. The average molecular weight is 429 g/mol. The number of carbonyl (C=O) groups is 1. The highest BCUT2D eigenvalue weighted by molar-refractivity contribution is 6.15. The maximum atomic E-state index is 13.0. The number of carbonyl (C=O) groups excluding carboxylic acids is 1. The molecule has 7 nitrogen and oxygen atoms in total. The van der Waals surface area contributed by atoms with E-state index in [4.69, 9.17) is 18.9 Å². The van der Waals surface area contributed by atoms with Crippen LogP contribution < -0.4 is 14.4 Å². The van der Waals surface area contributed by atoms with E-state index in [0.717, 1.165) is 23.6 Å². The first-order chi connectivity index (χ1) is 15.1. The van der Waals surface area contributed by atoms with E-state index in [9.17, 15) is 9.90 Å². The number of hydrogen-bond acceptors (Lipinski definition) is 6. The van der Waals surface area contributed by atoms with E-state index in [2.05, 4.69) is 0 Å². The molecule has 0 spiro atoms. The predicted molar refractivity (Wildman–Crippen MR) is 117 cm³/mol. The summed E-state index contributed by atoms with van der Waals surface area (Å²) in [7, 11) is 3.31. The van der Waals surface area contributed by atoms with Crippen LogP contribution in [0.1, 0.15) is 28.4 Å². The summed E-state index contributed by atoms with van der Waals surface area (Å²) in [4.78, 5) is 14.2. The molecule has 0 saturated carbocycles. The number of ether oxygens (including phenoxy) is 4. The minimum Gasteiger partial charge on any atom is -0.507 e. The molecule has 0 atom stereocenters. The number of hydrogen-bond donors (Lipinski definition) is 2. The smallest absolute Gasteiger partial charge is 0.231 e. The maximum absolute atomic E-state index is 13.0. The third kappa shape index (κ3) is 5.44. The zero-order chi connectivity index (χ0) is 22.2. The van der Waals surface area contributed by atoms with Gasteiger partial charge in [-0.25, -0.2) is 0 Å². The Balaban J connectivity index is 1.90. The summed E-state index contributed by atoms with van der Waals surface area (Å²) in [6.07, 6.45) is 1.69. The molecule has 0 fully saturated rings. The number of benzene rings is 2. The Kier molecular flexibility index (Phi) is 8.06. The highest BCUT2D eigenvalue weighted by atomic mass is 16.5. The Morgan fingerprint density at radius 3 is 2.45 bits per heavy atom. The van der Waals surface area contributed by atoms with Crippen LogP contribution >= 0.6 is 0 Å². The zero-order valence-electron chi connectivity index (χ0n) is 18.3. The minimum absolute atomic E-state index is 0.106. The first-order valence-electron chi connectivity index (χ1n) is 10.4. The van der Waals surface area contributed by atoms with Gasteiger partial charge in [-0.05, 0) is 31.2 Å². The molecule has 0 amide bonds. The van der Waals surface area contributed by atoms with Crippen molar-refractivity contribution in [1.29, 1.82) is 0 Å². The van der Waals surface area contributed by atoms with Crippen LogP contribution in [-0.2, 0) is 16.0 Å². The van der Waals surface area contributed by atoms with E-state index in [1.165, 1.54) is 0 Å². The Morgan fingerprint density at radius 2 is 1.77 bits per heavy atom. The van der Waals surface area contributed by atoms with Crippen molar-refractivity contribution in [2.75, 3.05) is 47.1 Å². The van der Waals surface area contributed by atoms with Crippen LogP contribution in [0.4, 0.5) is 0 Å². The standard InChI is InChI=1S/C24H29NO6/c1-4-30-21-8-6-5-7-17(21)15-22-23(27)18-9-10-20(26)19(24(18)31-22)16-25(11-13-28-2)12-14-29-3/h5-10,15,26H,4,11-14,16H2,1-3H3/p+1/b22-15+. The molecule has 166 valence electrons. The molecular weight excluding hydrogens is 398 g/mol. The molecule has 0 bridgehead atoms. The van der Waals surface area contributed by atoms with Crippen molar-refractivity contribution in [3.05, 3.63) is 58.8 Å². The number of para-hydroxylation sites is 1. The quantitative estimate of drug-likeness (QED) is 0.534. The van der Waals surface area contributed by atoms with Crippen LogP contribution in [0.3, 0.4) is 0 Å². The topological polar surface area (TPSA) is 78.7 Å². The normalized spacial score (nSPS) is 14.2. The largest absolute Gasteiger partial charge is 0.507 e. The molecule has 7 heteroatoms. The number of phenols is 1. The number of allylic oxidation sites excluding steroid dienone is 1. The maximum Gasteiger partial charge on any atom is 0.231 e. The van der Waals surface area contributed by atoms with Gasteiger partial charge in [-0.3, -0.25) is 4.79 Å². The van der Waals surface area contributed by atoms with Gasteiger partial charge in [0.1, 0.15) is 31.1 Å². The Labute approximate surface area is 182 Å². The van der Waals surface area contributed by atoms with Crippen LogP contribution in [0.25, 0.3) is 6.08 Å².